The van der Waals surface area contributed by atoms with Gasteiger partial charge in [-0.1, -0.05) is 80.0 Å². The van der Waals surface area contributed by atoms with Crippen molar-refractivity contribution in [2.75, 3.05) is 6.54 Å². The summed E-state index contributed by atoms with van der Waals surface area (Å²) in [6, 6.07) is 25.7. The van der Waals surface area contributed by atoms with Gasteiger partial charge < -0.3 is 9.64 Å². The number of hydrogen-bond donors (Lipinski definition) is 0. The van der Waals surface area contributed by atoms with Crippen LogP contribution < -0.4 is 4.74 Å². The maximum absolute atomic E-state index is 12.5. The van der Waals surface area contributed by atoms with E-state index in [9.17, 15) is 4.79 Å². The van der Waals surface area contributed by atoms with Crippen molar-refractivity contribution in [1.82, 2.24) is 4.90 Å². The summed E-state index contributed by atoms with van der Waals surface area (Å²) in [6.07, 6.45) is 1.49. The van der Waals surface area contributed by atoms with Crippen LogP contribution >= 0.6 is 11.6 Å². The Bertz CT molecular complexity index is 958. The SMILES string of the molecule is CC.O=C1CCCN1C(c1cccc(Cl)c1)c1cccc(OCc2ccccc2)c1. The minimum Gasteiger partial charge on any atom is -0.489 e. The number of carbonyl (C=O) groups excluding carboxylic acids is 1. The van der Waals surface area contributed by atoms with E-state index in [1.165, 1.54) is 0 Å². The van der Waals surface area contributed by atoms with E-state index in [1.54, 1.807) is 0 Å². The molecule has 0 saturated carbocycles. The highest BCUT2D eigenvalue weighted by Crippen LogP contribution is 2.34. The maximum Gasteiger partial charge on any atom is 0.223 e. The number of carbonyl (C=O) groups is 1. The number of hydrogen-bond acceptors (Lipinski definition) is 2. The fourth-order valence-corrected chi connectivity index (χ4v) is 3.89. The lowest BCUT2D eigenvalue weighted by Crippen LogP contribution is -2.30. The van der Waals surface area contributed by atoms with E-state index >= 15 is 0 Å². The van der Waals surface area contributed by atoms with Gasteiger partial charge in [0.2, 0.25) is 5.91 Å². The van der Waals surface area contributed by atoms with Gasteiger partial charge in [0.1, 0.15) is 12.4 Å². The monoisotopic (exact) mass is 421 g/mol. The second-order valence-electron chi connectivity index (χ2n) is 6.99. The summed E-state index contributed by atoms with van der Waals surface area (Å²) in [5.74, 6) is 0.973. The Morgan fingerprint density at radius 2 is 1.63 bits per heavy atom. The van der Waals surface area contributed by atoms with Crippen LogP contribution in [0, 0.1) is 0 Å². The largest absolute Gasteiger partial charge is 0.489 e. The van der Waals surface area contributed by atoms with Crippen LogP contribution in [-0.4, -0.2) is 17.4 Å². The summed E-state index contributed by atoms with van der Waals surface area (Å²) >= 11 is 6.24. The molecule has 1 amide bonds. The van der Waals surface area contributed by atoms with Crippen molar-refractivity contribution in [3.63, 3.8) is 0 Å². The van der Waals surface area contributed by atoms with E-state index < -0.39 is 0 Å². The molecule has 0 radical (unpaired) electrons. The number of nitrogens with zero attached hydrogens (tertiary/aromatic N) is 1. The van der Waals surface area contributed by atoms with Gasteiger partial charge in [-0.2, -0.15) is 0 Å². The predicted molar refractivity (Wildman–Crippen MR) is 123 cm³/mol. The van der Waals surface area contributed by atoms with Crippen LogP contribution in [0.2, 0.25) is 5.02 Å². The molecule has 0 aromatic heterocycles. The average molecular weight is 422 g/mol. The molecule has 4 rings (SSSR count). The van der Waals surface area contributed by atoms with Crippen LogP contribution in [-0.2, 0) is 11.4 Å². The van der Waals surface area contributed by atoms with E-state index in [0.717, 1.165) is 35.4 Å². The molecule has 1 saturated heterocycles. The molecular weight excluding hydrogens is 394 g/mol. The first-order chi connectivity index (χ1) is 14.7. The molecule has 0 aliphatic carbocycles. The number of amides is 1. The molecule has 1 fully saturated rings. The lowest BCUT2D eigenvalue weighted by Gasteiger charge is -2.29. The molecule has 3 aromatic rings. The van der Waals surface area contributed by atoms with Crippen LogP contribution in [0.15, 0.2) is 78.9 Å². The van der Waals surface area contributed by atoms with Crippen LogP contribution in [0.1, 0.15) is 49.4 Å². The third-order valence-corrected chi connectivity index (χ3v) is 5.24. The van der Waals surface area contributed by atoms with Crippen LogP contribution in [0.3, 0.4) is 0 Å². The number of rotatable bonds is 6. The van der Waals surface area contributed by atoms with Crippen LogP contribution in [0.25, 0.3) is 0 Å². The lowest BCUT2D eigenvalue weighted by molar-refractivity contribution is -0.129. The minimum atomic E-state index is -0.158. The van der Waals surface area contributed by atoms with E-state index in [-0.39, 0.29) is 11.9 Å². The van der Waals surface area contributed by atoms with E-state index in [0.29, 0.717) is 18.1 Å². The molecule has 1 aliphatic rings. The Morgan fingerprint density at radius 3 is 2.30 bits per heavy atom. The van der Waals surface area contributed by atoms with Crippen molar-refractivity contribution in [3.05, 3.63) is 101 Å². The zero-order valence-electron chi connectivity index (χ0n) is 17.6. The van der Waals surface area contributed by atoms with E-state index in [1.807, 2.05) is 97.6 Å². The topological polar surface area (TPSA) is 29.5 Å². The standard InChI is InChI=1S/C24H22ClNO2.C2H6/c25-21-11-4-9-19(15-21)24(26-14-6-13-23(26)27)20-10-5-12-22(16-20)28-17-18-7-2-1-3-8-18;1-2/h1-5,7-12,15-16,24H,6,13-14,17H2;1-2H3. The van der Waals surface area contributed by atoms with Gasteiger partial charge in [-0.3, -0.25) is 4.79 Å². The number of likely N-dealkylation sites (tertiary alicyclic amines) is 1. The molecule has 0 bridgehead atoms. The zero-order valence-corrected chi connectivity index (χ0v) is 18.3. The molecule has 4 heteroatoms. The van der Waals surface area contributed by atoms with E-state index in [2.05, 4.69) is 0 Å². The summed E-state index contributed by atoms with van der Waals surface area (Å²) in [6.45, 7) is 5.26. The van der Waals surface area contributed by atoms with Crippen molar-refractivity contribution < 1.29 is 9.53 Å². The fraction of sp³-hybridized carbons (Fsp3) is 0.269. The fourth-order valence-electron chi connectivity index (χ4n) is 3.69. The van der Waals surface area contributed by atoms with Gasteiger partial charge in [0, 0.05) is 18.0 Å². The maximum atomic E-state index is 12.5. The molecule has 3 aromatic carbocycles. The number of ether oxygens (including phenoxy) is 1. The molecule has 30 heavy (non-hydrogen) atoms. The zero-order chi connectivity index (χ0) is 21.3. The predicted octanol–water partition coefficient (Wildman–Crippen LogP) is 6.66. The van der Waals surface area contributed by atoms with Gasteiger partial charge in [-0.05, 0) is 47.4 Å². The van der Waals surface area contributed by atoms with Gasteiger partial charge in [0.05, 0.1) is 6.04 Å². The lowest BCUT2D eigenvalue weighted by atomic mass is 9.97. The Balaban J connectivity index is 0.00000124. The second-order valence-corrected chi connectivity index (χ2v) is 7.43. The van der Waals surface area contributed by atoms with Crippen molar-refractivity contribution in [1.29, 1.82) is 0 Å². The van der Waals surface area contributed by atoms with Crippen molar-refractivity contribution in [3.8, 4) is 5.75 Å². The highest BCUT2D eigenvalue weighted by Gasteiger charge is 2.30. The molecule has 1 unspecified atom stereocenters. The summed E-state index contributed by atoms with van der Waals surface area (Å²) in [7, 11) is 0. The van der Waals surface area contributed by atoms with E-state index in [4.69, 9.17) is 16.3 Å². The summed E-state index contributed by atoms with van der Waals surface area (Å²) in [5, 5.41) is 0.672. The summed E-state index contributed by atoms with van der Waals surface area (Å²) in [4.78, 5) is 14.5. The molecule has 1 heterocycles. The minimum absolute atomic E-state index is 0.158. The highest BCUT2D eigenvalue weighted by atomic mass is 35.5. The Kier molecular flexibility index (Phi) is 7.92. The molecule has 1 atom stereocenters. The van der Waals surface area contributed by atoms with Crippen molar-refractivity contribution >= 4 is 17.5 Å². The normalized spacial score (nSPS) is 14.1. The molecule has 0 spiro atoms. The van der Waals surface area contributed by atoms with Gasteiger partial charge in [0.25, 0.3) is 0 Å². The van der Waals surface area contributed by atoms with Gasteiger partial charge >= 0.3 is 0 Å². The Morgan fingerprint density at radius 1 is 0.933 bits per heavy atom. The number of benzene rings is 3. The van der Waals surface area contributed by atoms with Crippen molar-refractivity contribution in [2.24, 2.45) is 0 Å². The van der Waals surface area contributed by atoms with Crippen molar-refractivity contribution in [2.45, 2.75) is 39.3 Å². The first-order valence-electron chi connectivity index (χ1n) is 10.5. The molecule has 1 aliphatic heterocycles. The second kappa shape index (κ2) is 10.8. The first kappa shape index (κ1) is 21.9. The molecular formula is C26H28ClNO2. The summed E-state index contributed by atoms with van der Waals surface area (Å²) < 4.78 is 6.00. The quantitative estimate of drug-likeness (QED) is 0.445. The first-order valence-corrected chi connectivity index (χ1v) is 10.9. The highest BCUT2D eigenvalue weighted by molar-refractivity contribution is 6.30. The smallest absolute Gasteiger partial charge is 0.223 e. The van der Waals surface area contributed by atoms with Gasteiger partial charge in [-0.25, -0.2) is 0 Å². The van der Waals surface area contributed by atoms with Crippen LogP contribution in [0.4, 0.5) is 0 Å². The van der Waals surface area contributed by atoms with Gasteiger partial charge in [0.15, 0.2) is 0 Å². The third kappa shape index (κ3) is 5.43. The summed E-state index contributed by atoms with van der Waals surface area (Å²) in [5.41, 5.74) is 3.17. The molecule has 156 valence electrons. The number of halogens is 1. The Labute approximate surface area is 184 Å². The molecule has 3 nitrogen and oxygen atoms in total. The Hall–Kier alpha value is -2.78. The van der Waals surface area contributed by atoms with Crippen LogP contribution in [0.5, 0.6) is 5.75 Å². The molecule has 0 N–H and O–H groups in total. The van der Waals surface area contributed by atoms with Gasteiger partial charge in [-0.15, -0.1) is 0 Å². The average Bonchev–Trinajstić information content (AvgIpc) is 3.20. The third-order valence-electron chi connectivity index (χ3n) is 5.01.